The molecule has 0 fully saturated rings. The van der Waals surface area contributed by atoms with Crippen molar-refractivity contribution in [2.24, 2.45) is 5.73 Å². The van der Waals surface area contributed by atoms with Crippen LogP contribution in [0.5, 0.6) is 17.2 Å². The zero-order chi connectivity index (χ0) is 16.1. The molecule has 2 N–H and O–H groups in total. The van der Waals surface area contributed by atoms with Crippen LogP contribution in [0, 0.1) is 0 Å². The zero-order valence-corrected chi connectivity index (χ0v) is 13.4. The molecule has 0 radical (unpaired) electrons. The summed E-state index contributed by atoms with van der Waals surface area (Å²) in [7, 11) is 1.66. The van der Waals surface area contributed by atoms with Gasteiger partial charge in [0.1, 0.15) is 18.0 Å². The Kier molecular flexibility index (Phi) is 3.19. The van der Waals surface area contributed by atoms with Crippen LogP contribution in [0.3, 0.4) is 0 Å². The molecule has 0 aliphatic carbocycles. The number of nitrogens with zero attached hydrogens (tertiary/aromatic N) is 2. The van der Waals surface area contributed by atoms with Crippen molar-refractivity contribution in [2.75, 3.05) is 7.11 Å². The summed E-state index contributed by atoms with van der Waals surface area (Å²) in [5, 5.41) is 4.08. The predicted octanol–water partition coefficient (Wildman–Crippen LogP) is 1.85. The second-order valence-corrected chi connectivity index (χ2v) is 6.00. The number of methoxy groups -OCH3 is 1. The van der Waals surface area contributed by atoms with Crippen molar-refractivity contribution in [1.82, 2.24) is 10.1 Å². The lowest BCUT2D eigenvalue weighted by Crippen LogP contribution is -2.07. The average molecular weight is 317 g/mol. The van der Waals surface area contributed by atoms with Crippen molar-refractivity contribution in [3.8, 4) is 28.6 Å². The largest absolute Gasteiger partial charge is 0.492 e. The van der Waals surface area contributed by atoms with Crippen molar-refractivity contribution in [2.45, 2.75) is 45.4 Å². The maximum Gasteiger partial charge on any atom is 0.240 e. The number of ether oxygens (including phenoxy) is 3. The number of hydrogen-bond donors (Lipinski definition) is 1. The van der Waals surface area contributed by atoms with E-state index in [2.05, 4.69) is 10.1 Å². The Labute approximate surface area is 133 Å². The van der Waals surface area contributed by atoms with Crippen LogP contribution >= 0.6 is 0 Å². The van der Waals surface area contributed by atoms with E-state index >= 15 is 0 Å². The van der Waals surface area contributed by atoms with Gasteiger partial charge in [0, 0.05) is 24.0 Å². The van der Waals surface area contributed by atoms with E-state index in [1.54, 1.807) is 7.11 Å². The van der Waals surface area contributed by atoms with Gasteiger partial charge in [-0.15, -0.1) is 0 Å². The van der Waals surface area contributed by atoms with Crippen LogP contribution in [-0.4, -0.2) is 29.5 Å². The third kappa shape index (κ3) is 2.07. The number of benzene rings is 1. The molecule has 2 aliphatic rings. The highest BCUT2D eigenvalue weighted by Gasteiger charge is 2.38. The number of nitrogens with two attached hydrogens (primary N) is 1. The molecule has 2 aliphatic heterocycles. The molecule has 0 spiro atoms. The first-order chi connectivity index (χ1) is 11.1. The summed E-state index contributed by atoms with van der Waals surface area (Å²) in [5.41, 5.74) is 8.43. The van der Waals surface area contributed by atoms with E-state index in [0.29, 0.717) is 11.7 Å². The molecule has 0 bridgehead atoms. The van der Waals surface area contributed by atoms with Crippen molar-refractivity contribution in [3.05, 3.63) is 17.0 Å². The fourth-order valence-electron chi connectivity index (χ4n) is 3.37. The molecular formula is C16H19N3O4. The second kappa shape index (κ2) is 5.13. The topological polar surface area (TPSA) is 92.6 Å². The Balaban J connectivity index is 1.98. The molecule has 2 unspecified atom stereocenters. The van der Waals surface area contributed by atoms with E-state index in [4.69, 9.17) is 24.5 Å². The van der Waals surface area contributed by atoms with Gasteiger partial charge in [-0.1, -0.05) is 5.16 Å². The smallest absolute Gasteiger partial charge is 0.240 e. The standard InChI is InChI=1S/C16H19N3O4/c1-7-4-9-12(16-18-11(6-17)23-19-16)13-10(5-8(2)21-13)14(20-3)15(9)22-7/h7-8H,4-6,17H2,1-3H3. The molecule has 7 nitrogen and oxygen atoms in total. The molecular weight excluding hydrogens is 298 g/mol. The van der Waals surface area contributed by atoms with Crippen molar-refractivity contribution < 1.29 is 18.7 Å². The SMILES string of the molecule is COc1c2c(c(-c3noc(CN)n3)c3c1OC(C)C3)OC(C)C2. The van der Waals surface area contributed by atoms with Gasteiger partial charge in [-0.05, 0) is 13.8 Å². The van der Waals surface area contributed by atoms with Crippen LogP contribution in [-0.2, 0) is 19.4 Å². The fraction of sp³-hybridized carbons (Fsp3) is 0.500. The van der Waals surface area contributed by atoms with Gasteiger partial charge in [-0.25, -0.2) is 0 Å². The molecule has 7 heteroatoms. The molecule has 1 aromatic carbocycles. The lowest BCUT2D eigenvalue weighted by molar-refractivity contribution is 0.242. The minimum absolute atomic E-state index is 0.0680. The van der Waals surface area contributed by atoms with Gasteiger partial charge in [0.05, 0.1) is 19.2 Å². The summed E-state index contributed by atoms with van der Waals surface area (Å²) < 4.78 is 22.9. The molecule has 0 saturated carbocycles. The van der Waals surface area contributed by atoms with E-state index in [9.17, 15) is 0 Å². The summed E-state index contributed by atoms with van der Waals surface area (Å²) >= 11 is 0. The van der Waals surface area contributed by atoms with Gasteiger partial charge in [0.15, 0.2) is 11.5 Å². The van der Waals surface area contributed by atoms with Crippen molar-refractivity contribution in [1.29, 1.82) is 0 Å². The minimum Gasteiger partial charge on any atom is -0.492 e. The molecule has 2 atom stereocenters. The highest BCUT2D eigenvalue weighted by Crippen LogP contribution is 2.53. The third-order valence-corrected chi connectivity index (χ3v) is 4.25. The lowest BCUT2D eigenvalue weighted by Gasteiger charge is -2.15. The van der Waals surface area contributed by atoms with Crippen LogP contribution < -0.4 is 19.9 Å². The summed E-state index contributed by atoms with van der Waals surface area (Å²) in [6.45, 7) is 4.26. The van der Waals surface area contributed by atoms with E-state index < -0.39 is 0 Å². The maximum atomic E-state index is 6.05. The fourth-order valence-corrected chi connectivity index (χ4v) is 3.37. The first-order valence-corrected chi connectivity index (χ1v) is 7.74. The normalized spacial score (nSPS) is 21.6. The van der Waals surface area contributed by atoms with Crippen molar-refractivity contribution >= 4 is 0 Å². The van der Waals surface area contributed by atoms with Crippen LogP contribution in [0.1, 0.15) is 30.9 Å². The molecule has 1 aromatic heterocycles. The maximum absolute atomic E-state index is 6.05. The van der Waals surface area contributed by atoms with Gasteiger partial charge in [-0.2, -0.15) is 4.98 Å². The van der Waals surface area contributed by atoms with Crippen LogP contribution in [0.25, 0.3) is 11.4 Å². The zero-order valence-electron chi connectivity index (χ0n) is 13.4. The van der Waals surface area contributed by atoms with E-state index in [1.807, 2.05) is 13.8 Å². The quantitative estimate of drug-likeness (QED) is 0.923. The first kappa shape index (κ1) is 14.3. The lowest BCUT2D eigenvalue weighted by atomic mass is 9.96. The van der Waals surface area contributed by atoms with E-state index in [-0.39, 0.29) is 18.8 Å². The minimum atomic E-state index is 0.0680. The van der Waals surface area contributed by atoms with Crippen LogP contribution in [0.2, 0.25) is 0 Å². The Hall–Kier alpha value is -2.28. The van der Waals surface area contributed by atoms with Gasteiger partial charge in [0.25, 0.3) is 0 Å². The van der Waals surface area contributed by atoms with Gasteiger partial charge in [-0.3, -0.25) is 0 Å². The van der Waals surface area contributed by atoms with Gasteiger partial charge in [0.2, 0.25) is 11.7 Å². The number of aromatic nitrogens is 2. The summed E-state index contributed by atoms with van der Waals surface area (Å²) in [6, 6.07) is 0. The average Bonchev–Trinajstić information content (AvgIpc) is 3.21. The summed E-state index contributed by atoms with van der Waals surface area (Å²) in [5.74, 6) is 3.19. The van der Waals surface area contributed by atoms with E-state index in [0.717, 1.165) is 46.8 Å². The predicted molar refractivity (Wildman–Crippen MR) is 81.8 cm³/mol. The summed E-state index contributed by atoms with van der Waals surface area (Å²) in [4.78, 5) is 4.38. The van der Waals surface area contributed by atoms with Gasteiger partial charge < -0.3 is 24.5 Å². The molecule has 0 saturated heterocycles. The molecule has 122 valence electrons. The molecule has 3 heterocycles. The second-order valence-electron chi connectivity index (χ2n) is 6.00. The molecule has 0 amide bonds. The van der Waals surface area contributed by atoms with Crippen LogP contribution in [0.4, 0.5) is 0 Å². The van der Waals surface area contributed by atoms with E-state index in [1.165, 1.54) is 0 Å². The first-order valence-electron chi connectivity index (χ1n) is 7.74. The molecule has 2 aromatic rings. The molecule has 23 heavy (non-hydrogen) atoms. The monoisotopic (exact) mass is 317 g/mol. The number of hydrogen-bond acceptors (Lipinski definition) is 7. The Morgan fingerprint density at radius 2 is 1.83 bits per heavy atom. The number of rotatable bonds is 3. The third-order valence-electron chi connectivity index (χ3n) is 4.25. The molecule has 4 rings (SSSR count). The Bertz CT molecular complexity index is 732. The number of fused-ring (bicyclic) bond motifs is 2. The van der Waals surface area contributed by atoms with Crippen molar-refractivity contribution in [3.63, 3.8) is 0 Å². The van der Waals surface area contributed by atoms with Gasteiger partial charge >= 0.3 is 0 Å². The Morgan fingerprint density at radius 3 is 2.48 bits per heavy atom. The highest BCUT2D eigenvalue weighted by molar-refractivity contribution is 5.79. The Morgan fingerprint density at radius 1 is 1.13 bits per heavy atom. The van der Waals surface area contributed by atoms with Crippen LogP contribution in [0.15, 0.2) is 4.52 Å². The summed E-state index contributed by atoms with van der Waals surface area (Å²) in [6.07, 6.45) is 1.65. The highest BCUT2D eigenvalue weighted by atomic mass is 16.5.